The molecule has 11 heterocycles. The number of halogens is 6. The predicted molar refractivity (Wildman–Crippen MR) is 506 cm³/mol. The molecule has 0 aliphatic carbocycles. The van der Waals surface area contributed by atoms with Crippen molar-refractivity contribution in [3.63, 3.8) is 0 Å². The number of nitrogens with one attached hydrogen (secondary N) is 4. The number of aryl methyl sites for hydroxylation is 7. The Labute approximate surface area is 763 Å². The summed E-state index contributed by atoms with van der Waals surface area (Å²) >= 11 is 0. The zero-order valence-corrected chi connectivity index (χ0v) is 73.0. The van der Waals surface area contributed by atoms with Crippen LogP contribution in [0.3, 0.4) is 0 Å². The normalized spacial score (nSPS) is 11.3. The first-order chi connectivity index (χ1) is 64.7. The number of fused-ring (bicyclic) bond motifs is 4. The zero-order valence-electron chi connectivity index (χ0n) is 73.0. The number of hydrogen-bond donors (Lipinski definition) is 4. The average Bonchev–Trinajstić information content (AvgIpc) is 1.64. The van der Waals surface area contributed by atoms with E-state index in [0.717, 1.165) is 113 Å². The number of aromatic nitrogens is 13. The highest BCUT2D eigenvalue weighted by atomic mass is 19.4. The van der Waals surface area contributed by atoms with E-state index in [4.69, 9.17) is 4.42 Å². The van der Waals surface area contributed by atoms with Gasteiger partial charge >= 0.3 is 12.4 Å². The Bertz CT molecular complexity index is 7750. The molecule has 0 spiro atoms. The molecule has 11 aromatic heterocycles. The Morgan fingerprint density at radius 2 is 0.664 bits per heavy atom. The van der Waals surface area contributed by atoms with Gasteiger partial charge in [-0.25, -0.2) is 39.9 Å². The van der Waals surface area contributed by atoms with E-state index in [1.54, 1.807) is 139 Å². The fraction of sp³-hybridized carbons (Fsp3) is 0.0849. The SMILES string of the molecule is Cc1ccc(NC(=O)c2cc(-c3cccn4c(-c5cccc(C)c5)ncc34)ccc2C(F)(F)F)cc1.Cc1ccc(NC(=O)c2cc(-c3cccn4c(-c5cnccn5)ncc34)ccc2C(F)(F)F)cc1.Cc1ccc(NC(=O)c2cc(-c3cccn4c(-c5ncccn5)ncc34)ccc2C)cc1.Cc1ccc(NC(=O)c2cc(-c3cccn4c(-c5ncco5)ncc34)ccc2C)cc1. The second-order valence-corrected chi connectivity index (χ2v) is 31.8. The lowest BCUT2D eigenvalue weighted by molar-refractivity contribution is -0.138. The van der Waals surface area contributed by atoms with Crippen molar-refractivity contribution in [2.45, 2.75) is 60.8 Å². The molecule has 0 saturated heterocycles. The number of rotatable bonds is 16. The van der Waals surface area contributed by atoms with E-state index in [0.29, 0.717) is 85.2 Å². The van der Waals surface area contributed by atoms with Gasteiger partial charge in [0.15, 0.2) is 17.5 Å². The Morgan fingerprint density at radius 3 is 1.05 bits per heavy atom. The quantitative estimate of drug-likeness (QED) is 0.0656. The van der Waals surface area contributed by atoms with Gasteiger partial charge in [0.2, 0.25) is 5.82 Å². The molecular formula is C106H81F6N17O5. The topological polar surface area (TPSA) is 263 Å². The van der Waals surface area contributed by atoms with Gasteiger partial charge < -0.3 is 25.7 Å². The molecule has 0 bridgehead atoms. The molecule has 0 fully saturated rings. The van der Waals surface area contributed by atoms with E-state index in [1.165, 1.54) is 30.5 Å². The molecule has 9 aromatic carbocycles. The second-order valence-electron chi connectivity index (χ2n) is 31.8. The first kappa shape index (κ1) is 88.6. The fourth-order valence-electron chi connectivity index (χ4n) is 15.4. The van der Waals surface area contributed by atoms with Crippen LogP contribution in [-0.2, 0) is 12.4 Å². The number of imidazole rings is 4. The van der Waals surface area contributed by atoms with Crippen molar-refractivity contribution in [2.24, 2.45) is 0 Å². The Morgan fingerprint density at radius 1 is 0.299 bits per heavy atom. The lowest BCUT2D eigenvalue weighted by Gasteiger charge is -2.15. The Kier molecular flexibility index (Phi) is 25.2. The smallest absolute Gasteiger partial charge is 0.417 e. The third-order valence-corrected chi connectivity index (χ3v) is 22.3. The molecule has 4 N–H and O–H groups in total. The van der Waals surface area contributed by atoms with Gasteiger partial charge in [0.05, 0.1) is 81.5 Å². The molecule has 0 unspecified atom stereocenters. The van der Waals surface area contributed by atoms with Gasteiger partial charge in [-0.3, -0.25) is 41.8 Å². The minimum absolute atomic E-state index is 0.132. The van der Waals surface area contributed by atoms with Crippen molar-refractivity contribution < 1.29 is 49.9 Å². The third-order valence-electron chi connectivity index (χ3n) is 22.3. The third kappa shape index (κ3) is 19.5. The summed E-state index contributed by atoms with van der Waals surface area (Å²) in [6, 6.07) is 73.1. The largest absolute Gasteiger partial charge is 0.442 e. The number of benzene rings is 9. The summed E-state index contributed by atoms with van der Waals surface area (Å²) in [4.78, 5) is 91.2. The predicted octanol–water partition coefficient (Wildman–Crippen LogP) is 24.4. The first-order valence-electron chi connectivity index (χ1n) is 42.2. The van der Waals surface area contributed by atoms with E-state index in [2.05, 4.69) is 66.1 Å². The summed E-state index contributed by atoms with van der Waals surface area (Å²) in [6.45, 7) is 13.7. The van der Waals surface area contributed by atoms with Crippen LogP contribution in [0.25, 0.3) is 113 Å². The molecule has 20 rings (SSSR count). The van der Waals surface area contributed by atoms with Crippen LogP contribution in [0.5, 0.6) is 0 Å². The molecule has 134 heavy (non-hydrogen) atoms. The maximum absolute atomic E-state index is 13.8. The van der Waals surface area contributed by atoms with E-state index >= 15 is 0 Å². The highest BCUT2D eigenvalue weighted by Gasteiger charge is 2.37. The number of hydrogen-bond acceptors (Lipinski definition) is 14. The fourth-order valence-corrected chi connectivity index (χ4v) is 15.4. The summed E-state index contributed by atoms with van der Waals surface area (Å²) in [5.74, 6) is 1.65. The number of amides is 4. The minimum Gasteiger partial charge on any atom is -0.442 e. The number of oxazole rings is 1. The van der Waals surface area contributed by atoms with Crippen molar-refractivity contribution >= 4 is 68.4 Å². The van der Waals surface area contributed by atoms with Gasteiger partial charge in [-0.1, -0.05) is 155 Å². The van der Waals surface area contributed by atoms with Crippen molar-refractivity contribution in [3.05, 3.63) is 414 Å². The molecule has 662 valence electrons. The zero-order chi connectivity index (χ0) is 93.5. The molecule has 0 radical (unpaired) electrons. The molecule has 0 aliphatic rings. The van der Waals surface area contributed by atoms with Crippen LogP contribution in [0, 0.1) is 48.5 Å². The van der Waals surface area contributed by atoms with Crippen LogP contribution >= 0.6 is 0 Å². The standard InChI is InChI=1S/C29H22F3N3O.C26H18F3N5O.C26H21N5O.C25H20N4O2/c1-18-8-11-22(12-9-18)34-28(36)24-16-20(10-13-25(24)29(30,31)32)23-7-4-14-35-26(23)17-33-27(35)21-6-3-5-19(2)15-21;1-16-4-7-18(8-5-16)33-25(35)20-13-17(6-9-21(20)26(27,28)29)19-3-2-12-34-23(19)15-32-24(34)22-14-30-10-11-31-22;1-17-6-10-20(11-7-17)30-26(32)22-15-19(9-8-18(22)2)21-5-3-14-31-23(21)16-29-25(31)24-27-12-4-13-28-24;1-16-5-9-19(10-6-16)28-24(30)21-14-18(8-7-17(21)2)20-4-3-12-29-22(20)15-27-23(29)25-26-11-13-31-25/h3-17H,1-2H3,(H,34,36);2-15H,1H3,(H,33,35);3-16H,1-2H3,(H,30,32);3-15H,1-2H3,(H,28,30). The van der Waals surface area contributed by atoms with E-state index in [-0.39, 0.29) is 11.8 Å². The number of anilines is 4. The summed E-state index contributed by atoms with van der Waals surface area (Å²) in [5.41, 5.74) is 18.6. The van der Waals surface area contributed by atoms with E-state index < -0.39 is 46.4 Å². The van der Waals surface area contributed by atoms with Gasteiger partial charge in [-0.2, -0.15) is 26.3 Å². The molecule has 20 aromatic rings. The highest BCUT2D eigenvalue weighted by molar-refractivity contribution is 6.09. The van der Waals surface area contributed by atoms with Crippen LogP contribution in [0.1, 0.15) is 91.5 Å². The van der Waals surface area contributed by atoms with Crippen LogP contribution in [0.2, 0.25) is 0 Å². The maximum atomic E-state index is 13.8. The number of pyridine rings is 4. The molecule has 4 amide bonds. The molecule has 28 heteroatoms. The monoisotopic (exact) mass is 1790 g/mol. The number of nitrogens with zero attached hydrogens (tertiary/aromatic N) is 13. The van der Waals surface area contributed by atoms with Crippen LogP contribution < -0.4 is 21.3 Å². The van der Waals surface area contributed by atoms with Crippen molar-refractivity contribution in [2.75, 3.05) is 21.3 Å². The van der Waals surface area contributed by atoms with Gasteiger partial charge in [0, 0.05) is 111 Å². The number of carbonyl (C=O) groups is 4. The Balaban J connectivity index is 0.000000125. The summed E-state index contributed by atoms with van der Waals surface area (Å²) in [7, 11) is 0. The Hall–Kier alpha value is -17.4. The van der Waals surface area contributed by atoms with E-state index in [1.807, 2.05) is 226 Å². The lowest BCUT2D eigenvalue weighted by atomic mass is 9.98. The van der Waals surface area contributed by atoms with Crippen LogP contribution in [-0.4, -0.2) is 86.1 Å². The van der Waals surface area contributed by atoms with Crippen molar-refractivity contribution in [1.29, 1.82) is 0 Å². The summed E-state index contributed by atoms with van der Waals surface area (Å²) in [5, 5.41) is 11.1. The maximum Gasteiger partial charge on any atom is 0.417 e. The van der Waals surface area contributed by atoms with Gasteiger partial charge in [0.25, 0.3) is 29.5 Å². The van der Waals surface area contributed by atoms with Gasteiger partial charge in [-0.15, -0.1) is 0 Å². The highest BCUT2D eigenvalue weighted by Crippen LogP contribution is 2.41. The number of carbonyl (C=O) groups excluding carboxylic acids is 4. The van der Waals surface area contributed by atoms with Gasteiger partial charge in [0.1, 0.15) is 17.8 Å². The summed E-state index contributed by atoms with van der Waals surface area (Å²) in [6.07, 6.45) is 16.2. The van der Waals surface area contributed by atoms with Gasteiger partial charge in [-0.05, 0) is 203 Å². The molecule has 0 saturated carbocycles. The average molecular weight is 1790 g/mol. The molecular weight excluding hydrogens is 1710 g/mol. The molecule has 0 aliphatic heterocycles. The number of alkyl halides is 6. The molecule has 0 atom stereocenters. The van der Waals surface area contributed by atoms with E-state index in [9.17, 15) is 45.5 Å². The van der Waals surface area contributed by atoms with Crippen molar-refractivity contribution in [3.8, 4) is 90.8 Å². The second kappa shape index (κ2) is 38.1. The molecule has 22 nitrogen and oxygen atoms in total. The first-order valence-corrected chi connectivity index (χ1v) is 42.2. The lowest BCUT2D eigenvalue weighted by Crippen LogP contribution is -2.19. The summed E-state index contributed by atoms with van der Waals surface area (Å²) < 4.78 is 95.8. The minimum atomic E-state index is -4.69. The van der Waals surface area contributed by atoms with Crippen LogP contribution in [0.15, 0.2) is 346 Å². The van der Waals surface area contributed by atoms with Crippen molar-refractivity contribution in [1.82, 2.24) is 62.5 Å². The van der Waals surface area contributed by atoms with Crippen LogP contribution in [0.4, 0.5) is 49.1 Å².